The molecule has 1 aromatic heterocycles. The van der Waals surface area contributed by atoms with Gasteiger partial charge in [0.05, 0.1) is 12.6 Å². The van der Waals surface area contributed by atoms with Crippen LogP contribution in [0, 0.1) is 0 Å². The van der Waals surface area contributed by atoms with Gasteiger partial charge in [-0.25, -0.2) is 8.78 Å². The van der Waals surface area contributed by atoms with E-state index in [1.165, 1.54) is 0 Å². The molecule has 1 aromatic carbocycles. The van der Waals surface area contributed by atoms with Gasteiger partial charge in [0.2, 0.25) is 0 Å². The van der Waals surface area contributed by atoms with Gasteiger partial charge in [0.15, 0.2) is 0 Å². The molecule has 0 radical (unpaired) electrons. The number of benzene rings is 1. The maximum absolute atomic E-state index is 11.9. The van der Waals surface area contributed by atoms with E-state index in [-0.39, 0.29) is 12.6 Å². The van der Waals surface area contributed by atoms with Crippen molar-refractivity contribution < 1.29 is 17.9 Å². The molecule has 0 fully saturated rings. The predicted octanol–water partition coefficient (Wildman–Crippen LogP) is 4.13. The van der Waals surface area contributed by atoms with Crippen LogP contribution >= 0.6 is 15.9 Å². The van der Waals surface area contributed by atoms with Gasteiger partial charge in [0.25, 0.3) is 6.43 Å². The quantitative estimate of drug-likeness (QED) is 0.764. The minimum atomic E-state index is -2.42. The first kappa shape index (κ1) is 15.4. The molecule has 1 atom stereocenters. The molecule has 2 rings (SSSR count). The summed E-state index contributed by atoms with van der Waals surface area (Å²) in [6.45, 7) is 2.18. The van der Waals surface area contributed by atoms with E-state index in [0.29, 0.717) is 6.54 Å². The third kappa shape index (κ3) is 4.26. The van der Waals surface area contributed by atoms with Gasteiger partial charge in [0, 0.05) is 16.4 Å². The van der Waals surface area contributed by atoms with E-state index in [1.807, 2.05) is 31.2 Å². The zero-order valence-corrected chi connectivity index (χ0v) is 12.6. The van der Waals surface area contributed by atoms with E-state index in [2.05, 4.69) is 21.2 Å². The Labute approximate surface area is 124 Å². The SMILES string of the molecule is CC(NCCOCC(F)F)c1cc2cc(Br)ccc2o1. The predicted molar refractivity (Wildman–Crippen MR) is 77.2 cm³/mol. The maximum Gasteiger partial charge on any atom is 0.261 e. The van der Waals surface area contributed by atoms with E-state index >= 15 is 0 Å². The van der Waals surface area contributed by atoms with Crippen LogP contribution in [0.5, 0.6) is 0 Å². The van der Waals surface area contributed by atoms with Gasteiger partial charge < -0.3 is 14.5 Å². The Morgan fingerprint density at radius 2 is 2.15 bits per heavy atom. The number of nitrogens with one attached hydrogen (secondary N) is 1. The number of alkyl halides is 2. The average molecular weight is 348 g/mol. The highest BCUT2D eigenvalue weighted by atomic mass is 79.9. The molecule has 110 valence electrons. The van der Waals surface area contributed by atoms with Crippen LogP contribution in [0.25, 0.3) is 11.0 Å². The standard InChI is InChI=1S/C14H16BrF2NO2/c1-9(18-4-5-19-8-14(16)17)13-7-10-6-11(15)2-3-12(10)20-13/h2-3,6-7,9,14,18H,4-5,8H2,1H3. The molecule has 6 heteroatoms. The molecule has 0 bridgehead atoms. The van der Waals surface area contributed by atoms with Crippen molar-refractivity contribution >= 4 is 26.9 Å². The fraction of sp³-hybridized carbons (Fsp3) is 0.429. The molecule has 0 aliphatic heterocycles. The Morgan fingerprint density at radius 3 is 2.90 bits per heavy atom. The van der Waals surface area contributed by atoms with Crippen LogP contribution in [0.2, 0.25) is 0 Å². The molecule has 1 unspecified atom stereocenters. The summed E-state index contributed by atoms with van der Waals surface area (Å²) in [6.07, 6.45) is -2.42. The Bertz CT molecular complexity index is 559. The number of hydrogen-bond acceptors (Lipinski definition) is 3. The number of furan rings is 1. The highest BCUT2D eigenvalue weighted by Gasteiger charge is 2.11. The molecule has 1 N–H and O–H groups in total. The Kier molecular flexibility index (Phi) is 5.51. The van der Waals surface area contributed by atoms with Crippen molar-refractivity contribution in [2.75, 3.05) is 19.8 Å². The number of ether oxygens (including phenoxy) is 1. The maximum atomic E-state index is 11.9. The first-order chi connectivity index (χ1) is 9.56. The second-order valence-electron chi connectivity index (χ2n) is 4.47. The van der Waals surface area contributed by atoms with E-state index < -0.39 is 13.0 Å². The third-order valence-electron chi connectivity index (χ3n) is 2.86. The number of halogens is 3. The van der Waals surface area contributed by atoms with E-state index in [1.54, 1.807) is 0 Å². The molecular weight excluding hydrogens is 332 g/mol. The van der Waals surface area contributed by atoms with Gasteiger partial charge >= 0.3 is 0 Å². The summed E-state index contributed by atoms with van der Waals surface area (Å²) in [4.78, 5) is 0. The second kappa shape index (κ2) is 7.15. The monoisotopic (exact) mass is 347 g/mol. The number of rotatable bonds is 7. The normalized spacial score (nSPS) is 13.2. The topological polar surface area (TPSA) is 34.4 Å². The smallest absolute Gasteiger partial charge is 0.261 e. The number of fused-ring (bicyclic) bond motifs is 1. The lowest BCUT2D eigenvalue weighted by molar-refractivity contribution is 0.0182. The minimum absolute atomic E-state index is 0.00340. The van der Waals surface area contributed by atoms with Crippen LogP contribution in [-0.4, -0.2) is 26.2 Å². The second-order valence-corrected chi connectivity index (χ2v) is 5.39. The molecule has 0 aliphatic carbocycles. The summed E-state index contributed by atoms with van der Waals surface area (Å²) < 4.78 is 35.3. The van der Waals surface area contributed by atoms with Crippen LogP contribution in [0.15, 0.2) is 33.2 Å². The van der Waals surface area contributed by atoms with Crippen LogP contribution in [0.1, 0.15) is 18.7 Å². The molecule has 1 heterocycles. The first-order valence-corrected chi connectivity index (χ1v) is 7.14. The lowest BCUT2D eigenvalue weighted by Crippen LogP contribution is -2.23. The third-order valence-corrected chi connectivity index (χ3v) is 3.36. The lowest BCUT2D eigenvalue weighted by Gasteiger charge is -2.11. The van der Waals surface area contributed by atoms with Crippen LogP contribution < -0.4 is 5.32 Å². The van der Waals surface area contributed by atoms with Crippen LogP contribution in [0.3, 0.4) is 0 Å². The van der Waals surface area contributed by atoms with E-state index in [4.69, 9.17) is 9.15 Å². The summed E-state index contributed by atoms with van der Waals surface area (Å²) in [5, 5.41) is 4.20. The molecule has 0 saturated heterocycles. The van der Waals surface area contributed by atoms with Crippen molar-refractivity contribution in [2.24, 2.45) is 0 Å². The van der Waals surface area contributed by atoms with E-state index in [0.717, 1.165) is 21.2 Å². The largest absolute Gasteiger partial charge is 0.459 e. The van der Waals surface area contributed by atoms with Crippen molar-refractivity contribution in [1.29, 1.82) is 0 Å². The van der Waals surface area contributed by atoms with Crippen molar-refractivity contribution in [3.05, 3.63) is 34.5 Å². The molecule has 3 nitrogen and oxygen atoms in total. The summed E-state index contributed by atoms with van der Waals surface area (Å²) in [5.41, 5.74) is 0.825. The molecular formula is C14H16BrF2NO2. The average Bonchev–Trinajstić information content (AvgIpc) is 2.80. The lowest BCUT2D eigenvalue weighted by atomic mass is 10.2. The summed E-state index contributed by atoms with van der Waals surface area (Å²) in [5.74, 6) is 0.812. The fourth-order valence-corrected chi connectivity index (χ4v) is 2.25. The van der Waals surface area contributed by atoms with Crippen molar-refractivity contribution in [3.63, 3.8) is 0 Å². The molecule has 0 amide bonds. The fourth-order valence-electron chi connectivity index (χ4n) is 1.87. The van der Waals surface area contributed by atoms with Gasteiger partial charge in [-0.1, -0.05) is 15.9 Å². The molecule has 0 aliphatic rings. The van der Waals surface area contributed by atoms with Gasteiger partial charge in [-0.15, -0.1) is 0 Å². The van der Waals surface area contributed by atoms with Gasteiger partial charge in [-0.2, -0.15) is 0 Å². The van der Waals surface area contributed by atoms with Crippen LogP contribution in [0.4, 0.5) is 8.78 Å². The first-order valence-electron chi connectivity index (χ1n) is 6.34. The van der Waals surface area contributed by atoms with Crippen molar-refractivity contribution in [1.82, 2.24) is 5.32 Å². The molecule has 0 spiro atoms. The zero-order valence-electron chi connectivity index (χ0n) is 11.0. The summed E-state index contributed by atoms with van der Waals surface area (Å²) >= 11 is 3.41. The molecule has 20 heavy (non-hydrogen) atoms. The minimum Gasteiger partial charge on any atom is -0.459 e. The van der Waals surface area contributed by atoms with Crippen molar-refractivity contribution in [3.8, 4) is 0 Å². The van der Waals surface area contributed by atoms with E-state index in [9.17, 15) is 8.78 Å². The van der Waals surface area contributed by atoms with Crippen LogP contribution in [-0.2, 0) is 4.74 Å². The Balaban J connectivity index is 1.86. The van der Waals surface area contributed by atoms with Gasteiger partial charge in [-0.3, -0.25) is 0 Å². The highest BCUT2D eigenvalue weighted by Crippen LogP contribution is 2.26. The Morgan fingerprint density at radius 1 is 1.35 bits per heavy atom. The molecule has 2 aromatic rings. The molecule has 0 saturated carbocycles. The zero-order chi connectivity index (χ0) is 14.5. The highest BCUT2D eigenvalue weighted by molar-refractivity contribution is 9.10. The van der Waals surface area contributed by atoms with Gasteiger partial charge in [0.1, 0.15) is 18.0 Å². The van der Waals surface area contributed by atoms with Crippen molar-refractivity contribution in [2.45, 2.75) is 19.4 Å². The summed E-state index contributed by atoms with van der Waals surface area (Å²) in [7, 11) is 0. The van der Waals surface area contributed by atoms with Gasteiger partial charge in [-0.05, 0) is 31.2 Å². The Hall–Kier alpha value is -0.980. The number of hydrogen-bond donors (Lipinski definition) is 1. The summed E-state index contributed by atoms with van der Waals surface area (Å²) in [6, 6.07) is 7.78.